The highest BCUT2D eigenvalue weighted by Gasteiger charge is 2.19. The summed E-state index contributed by atoms with van der Waals surface area (Å²) >= 11 is 5.87. The maximum atomic E-state index is 8.91. The molecule has 0 radical (unpaired) electrons. The third kappa shape index (κ3) is 8.58. The van der Waals surface area contributed by atoms with E-state index in [1.54, 1.807) is 12.4 Å². The van der Waals surface area contributed by atoms with Crippen LogP contribution in [-0.4, -0.2) is 56.4 Å². The molecule has 4 N–H and O–H groups in total. The molecule has 8 heteroatoms. The lowest BCUT2D eigenvalue weighted by atomic mass is 9.88. The Labute approximate surface area is 185 Å². The molecule has 2 fully saturated rings. The van der Waals surface area contributed by atoms with E-state index in [0.717, 1.165) is 30.2 Å². The van der Waals surface area contributed by atoms with Crippen LogP contribution >= 0.6 is 11.6 Å². The summed E-state index contributed by atoms with van der Waals surface area (Å²) in [6.07, 6.45) is 13.5. The summed E-state index contributed by atoms with van der Waals surface area (Å²) < 4.78 is 0. The van der Waals surface area contributed by atoms with Crippen LogP contribution in [0.4, 0.5) is 5.95 Å². The Kier molecular flexibility index (Phi) is 10.5. The number of aliphatic hydroxyl groups is 1. The van der Waals surface area contributed by atoms with Crippen molar-refractivity contribution in [1.82, 2.24) is 25.1 Å². The van der Waals surface area contributed by atoms with E-state index in [1.165, 1.54) is 51.4 Å². The van der Waals surface area contributed by atoms with Crippen molar-refractivity contribution >= 4 is 17.5 Å². The van der Waals surface area contributed by atoms with Crippen molar-refractivity contribution in [3.8, 4) is 11.3 Å². The first-order chi connectivity index (χ1) is 14.4. The normalized spacial score (nSPS) is 20.1. The number of nitrogens with one attached hydrogen (secondary N) is 1. The van der Waals surface area contributed by atoms with E-state index in [4.69, 9.17) is 22.4 Å². The summed E-state index contributed by atoms with van der Waals surface area (Å²) in [4.78, 5) is 10.2. The smallest absolute Gasteiger partial charge is 0.220 e. The van der Waals surface area contributed by atoms with Crippen molar-refractivity contribution in [2.24, 2.45) is 11.8 Å². The number of H-pyrrole nitrogens is 1. The highest BCUT2D eigenvalue weighted by atomic mass is 35.5. The number of aliphatic hydroxyl groups excluding tert-OH is 1. The Hall–Kier alpha value is -1.70. The first kappa shape index (κ1) is 24.6. The molecule has 30 heavy (non-hydrogen) atoms. The standard InChI is InChI=1S/C9H19N.C7H6ClN5.C6H12O/c1-8(2)9-5-4-6-10(3)7-9;8-5-3-10-7(9)13-6(5)4-1-11-12-2-4;7-6-4-2-1-3-5-6/h8-9H,4-7H2,1-3H3;1-3H,(H,11,12)(H2,9,10,13);6-7H,1-5H2. The second kappa shape index (κ2) is 12.9. The minimum atomic E-state index is 0.0359. The molecule has 1 aliphatic heterocycles. The van der Waals surface area contributed by atoms with Gasteiger partial charge in [-0.05, 0) is 51.1 Å². The van der Waals surface area contributed by atoms with Gasteiger partial charge in [-0.25, -0.2) is 9.97 Å². The predicted octanol–water partition coefficient (Wildman–Crippen LogP) is 4.40. The van der Waals surface area contributed by atoms with E-state index < -0.39 is 0 Å². The van der Waals surface area contributed by atoms with E-state index >= 15 is 0 Å². The molecular weight excluding hydrogens is 400 g/mol. The number of nitrogen functional groups attached to an aromatic ring is 1. The third-order valence-corrected chi connectivity index (χ3v) is 5.99. The lowest BCUT2D eigenvalue weighted by Gasteiger charge is -2.31. The zero-order chi connectivity index (χ0) is 21.9. The van der Waals surface area contributed by atoms with Crippen LogP contribution in [0.25, 0.3) is 11.3 Å². The van der Waals surface area contributed by atoms with Crippen LogP contribution in [0.15, 0.2) is 18.6 Å². The Bertz CT molecular complexity index is 718. The van der Waals surface area contributed by atoms with Gasteiger partial charge < -0.3 is 15.7 Å². The van der Waals surface area contributed by atoms with Gasteiger partial charge in [-0.1, -0.05) is 44.7 Å². The van der Waals surface area contributed by atoms with Gasteiger partial charge in [0.25, 0.3) is 0 Å². The minimum Gasteiger partial charge on any atom is -0.393 e. The van der Waals surface area contributed by atoms with Gasteiger partial charge in [0.2, 0.25) is 5.95 Å². The second-order valence-electron chi connectivity index (χ2n) is 8.61. The van der Waals surface area contributed by atoms with E-state index in [2.05, 4.69) is 46.0 Å². The van der Waals surface area contributed by atoms with Gasteiger partial charge in [0.1, 0.15) is 0 Å². The molecule has 0 spiro atoms. The summed E-state index contributed by atoms with van der Waals surface area (Å²) in [5.41, 5.74) is 6.80. The molecule has 3 heterocycles. The average Bonchev–Trinajstić information content (AvgIpc) is 3.26. The van der Waals surface area contributed by atoms with Crippen LogP contribution in [0.5, 0.6) is 0 Å². The van der Waals surface area contributed by atoms with Crippen LogP contribution in [-0.2, 0) is 0 Å². The van der Waals surface area contributed by atoms with Crippen molar-refractivity contribution in [1.29, 1.82) is 0 Å². The zero-order valence-electron chi connectivity index (χ0n) is 18.5. The van der Waals surface area contributed by atoms with E-state index in [0.29, 0.717) is 10.7 Å². The van der Waals surface area contributed by atoms with Crippen molar-refractivity contribution in [3.05, 3.63) is 23.6 Å². The van der Waals surface area contributed by atoms with Gasteiger partial charge in [0, 0.05) is 18.3 Å². The topological polar surface area (TPSA) is 104 Å². The number of aromatic nitrogens is 4. The van der Waals surface area contributed by atoms with Crippen molar-refractivity contribution < 1.29 is 5.11 Å². The molecule has 1 saturated heterocycles. The van der Waals surface area contributed by atoms with E-state index in [-0.39, 0.29) is 12.1 Å². The molecule has 2 aromatic heterocycles. The fraction of sp³-hybridized carbons (Fsp3) is 0.682. The Morgan fingerprint density at radius 1 is 1.17 bits per heavy atom. The number of aromatic amines is 1. The number of rotatable bonds is 2. The van der Waals surface area contributed by atoms with Gasteiger partial charge in [-0.2, -0.15) is 5.10 Å². The molecule has 1 atom stereocenters. The van der Waals surface area contributed by atoms with Gasteiger partial charge in [0.05, 0.1) is 29.2 Å². The zero-order valence-corrected chi connectivity index (χ0v) is 19.3. The highest BCUT2D eigenvalue weighted by Crippen LogP contribution is 2.24. The number of nitrogens with two attached hydrogens (primary N) is 1. The SMILES string of the molecule is CC(C)C1CCCN(C)C1.Nc1ncc(Cl)c(-c2cn[nH]c2)n1.OC1CCCCC1. The number of halogens is 1. The van der Waals surface area contributed by atoms with Crippen molar-refractivity contribution in [3.63, 3.8) is 0 Å². The Morgan fingerprint density at radius 2 is 1.90 bits per heavy atom. The lowest BCUT2D eigenvalue weighted by molar-refractivity contribution is 0.130. The van der Waals surface area contributed by atoms with Crippen LogP contribution in [0, 0.1) is 11.8 Å². The molecule has 1 unspecified atom stereocenters. The first-order valence-electron chi connectivity index (χ1n) is 11.0. The van der Waals surface area contributed by atoms with Crippen LogP contribution < -0.4 is 5.73 Å². The number of hydrogen-bond donors (Lipinski definition) is 3. The molecule has 0 aromatic carbocycles. The largest absolute Gasteiger partial charge is 0.393 e. The Morgan fingerprint density at radius 3 is 2.40 bits per heavy atom. The average molecular weight is 437 g/mol. The van der Waals surface area contributed by atoms with Crippen LogP contribution in [0.3, 0.4) is 0 Å². The Balaban J connectivity index is 0.000000168. The molecule has 1 aliphatic carbocycles. The van der Waals surface area contributed by atoms with Crippen molar-refractivity contribution in [2.45, 2.75) is 64.9 Å². The quantitative estimate of drug-likeness (QED) is 0.644. The summed E-state index contributed by atoms with van der Waals surface area (Å²) in [6.45, 7) is 7.30. The third-order valence-electron chi connectivity index (χ3n) is 5.71. The number of anilines is 1. The van der Waals surface area contributed by atoms with Gasteiger partial charge in [-0.15, -0.1) is 0 Å². The van der Waals surface area contributed by atoms with E-state index in [9.17, 15) is 0 Å². The monoisotopic (exact) mass is 436 g/mol. The first-order valence-corrected chi connectivity index (χ1v) is 11.4. The maximum absolute atomic E-state index is 8.91. The lowest BCUT2D eigenvalue weighted by Crippen LogP contribution is -2.34. The van der Waals surface area contributed by atoms with Gasteiger partial charge in [-0.3, -0.25) is 5.10 Å². The molecule has 7 nitrogen and oxygen atoms in total. The van der Waals surface area contributed by atoms with Crippen LogP contribution in [0.2, 0.25) is 5.02 Å². The van der Waals surface area contributed by atoms with Gasteiger partial charge >= 0.3 is 0 Å². The van der Waals surface area contributed by atoms with Gasteiger partial charge in [0.15, 0.2) is 0 Å². The fourth-order valence-corrected chi connectivity index (χ4v) is 4.00. The number of nitrogens with zero attached hydrogens (tertiary/aromatic N) is 4. The maximum Gasteiger partial charge on any atom is 0.220 e. The summed E-state index contributed by atoms with van der Waals surface area (Å²) in [7, 11) is 2.23. The highest BCUT2D eigenvalue weighted by molar-refractivity contribution is 6.32. The predicted molar refractivity (Wildman–Crippen MR) is 123 cm³/mol. The molecule has 0 amide bonds. The van der Waals surface area contributed by atoms with Crippen molar-refractivity contribution in [2.75, 3.05) is 25.9 Å². The van der Waals surface area contributed by atoms with E-state index in [1.807, 2.05) is 0 Å². The number of hydrogen-bond acceptors (Lipinski definition) is 6. The minimum absolute atomic E-state index is 0.0359. The summed E-state index contributed by atoms with van der Waals surface area (Å²) in [5.74, 6) is 2.03. The summed E-state index contributed by atoms with van der Waals surface area (Å²) in [6, 6.07) is 0. The molecule has 4 rings (SSSR count). The number of piperidine rings is 1. The molecule has 0 bridgehead atoms. The molecule has 2 aromatic rings. The molecule has 1 saturated carbocycles. The molecule has 2 aliphatic rings. The van der Waals surface area contributed by atoms with Crippen LogP contribution in [0.1, 0.15) is 58.8 Å². The molecular formula is C22H37ClN6O. The number of likely N-dealkylation sites (tertiary alicyclic amines) is 1. The second-order valence-corrected chi connectivity index (χ2v) is 9.02. The summed E-state index contributed by atoms with van der Waals surface area (Å²) in [5, 5.41) is 15.8. The fourth-order valence-electron chi connectivity index (χ4n) is 3.80. The molecule has 168 valence electrons.